The van der Waals surface area contributed by atoms with Crippen molar-refractivity contribution in [3.05, 3.63) is 57.5 Å². The lowest BCUT2D eigenvalue weighted by atomic mass is 10.1. The molecule has 1 N–H and O–H groups in total. The van der Waals surface area contributed by atoms with Gasteiger partial charge in [0.25, 0.3) is 0 Å². The average Bonchev–Trinajstić information content (AvgIpc) is 2.40. The molecule has 0 unspecified atom stereocenters. The van der Waals surface area contributed by atoms with Crippen LogP contribution in [0.3, 0.4) is 0 Å². The monoisotopic (exact) mass is 273 g/mol. The minimum Gasteiger partial charge on any atom is -0.481 e. The first kappa shape index (κ1) is 13.9. The first-order chi connectivity index (χ1) is 9.49. The Kier molecular flexibility index (Phi) is 3.93. The first-order valence-corrected chi connectivity index (χ1v) is 6.16. The molecule has 0 spiro atoms. The number of hydrogen-bond donors (Lipinski definition) is 1. The van der Waals surface area contributed by atoms with Crippen molar-refractivity contribution in [3.63, 3.8) is 0 Å². The predicted octanol–water partition coefficient (Wildman–Crippen LogP) is 0.931. The Balaban J connectivity index is 2.48. The van der Waals surface area contributed by atoms with E-state index >= 15 is 0 Å². The molecule has 2 aromatic heterocycles. The van der Waals surface area contributed by atoms with E-state index in [1.165, 1.54) is 4.57 Å². The van der Waals surface area contributed by atoms with Gasteiger partial charge in [-0.05, 0) is 31.5 Å². The Bertz CT molecular complexity index is 693. The third-order valence-electron chi connectivity index (χ3n) is 3.19. The molecule has 0 aromatic carbocycles. The van der Waals surface area contributed by atoms with Crippen molar-refractivity contribution >= 4 is 5.97 Å². The molecule has 0 aliphatic rings. The van der Waals surface area contributed by atoms with Crippen LogP contribution < -0.4 is 5.69 Å². The van der Waals surface area contributed by atoms with Crippen LogP contribution in [0.5, 0.6) is 0 Å². The highest BCUT2D eigenvalue weighted by molar-refractivity contribution is 5.70. The van der Waals surface area contributed by atoms with Crippen molar-refractivity contribution in [3.8, 4) is 0 Å². The van der Waals surface area contributed by atoms with E-state index < -0.39 is 5.97 Å². The van der Waals surface area contributed by atoms with Crippen LogP contribution in [0.2, 0.25) is 0 Å². The fourth-order valence-electron chi connectivity index (χ4n) is 2.10. The molecule has 0 aliphatic carbocycles. The second-order valence-corrected chi connectivity index (χ2v) is 4.56. The largest absolute Gasteiger partial charge is 0.481 e. The van der Waals surface area contributed by atoms with Crippen LogP contribution in [0.15, 0.2) is 29.3 Å². The lowest BCUT2D eigenvalue weighted by Gasteiger charge is -2.14. The molecule has 0 radical (unpaired) electrons. The van der Waals surface area contributed by atoms with Gasteiger partial charge in [-0.25, -0.2) is 4.79 Å². The molecule has 6 heteroatoms. The number of nitrogens with zero attached hydrogens (tertiary/aromatic N) is 3. The van der Waals surface area contributed by atoms with Crippen molar-refractivity contribution in [2.45, 2.75) is 26.8 Å². The Labute approximate surface area is 115 Å². The third-order valence-corrected chi connectivity index (χ3v) is 3.19. The molecular weight excluding hydrogens is 258 g/mol. The summed E-state index contributed by atoms with van der Waals surface area (Å²) in [5.74, 6) is -0.938. The van der Waals surface area contributed by atoms with E-state index in [2.05, 4.69) is 9.97 Å². The van der Waals surface area contributed by atoms with Gasteiger partial charge in [0, 0.05) is 29.3 Å². The number of aromatic nitrogens is 3. The van der Waals surface area contributed by atoms with Gasteiger partial charge in [-0.1, -0.05) is 0 Å². The second-order valence-electron chi connectivity index (χ2n) is 4.56. The van der Waals surface area contributed by atoms with Gasteiger partial charge >= 0.3 is 11.7 Å². The third kappa shape index (κ3) is 2.90. The summed E-state index contributed by atoms with van der Waals surface area (Å²) in [5.41, 5.74) is 2.25. The molecule has 0 amide bonds. The molecule has 104 valence electrons. The van der Waals surface area contributed by atoms with Crippen LogP contribution >= 0.6 is 0 Å². The Morgan fingerprint density at radius 3 is 2.55 bits per heavy atom. The van der Waals surface area contributed by atoms with E-state index in [4.69, 9.17) is 5.11 Å². The van der Waals surface area contributed by atoms with Gasteiger partial charge in [0.2, 0.25) is 0 Å². The minimum absolute atomic E-state index is 0.138. The molecule has 2 aromatic rings. The molecule has 0 fully saturated rings. The fourth-order valence-corrected chi connectivity index (χ4v) is 2.10. The fraction of sp³-hybridized carbons (Fsp3) is 0.286. The maximum Gasteiger partial charge on any atom is 0.348 e. The lowest BCUT2D eigenvalue weighted by Crippen LogP contribution is -2.28. The van der Waals surface area contributed by atoms with Crippen LogP contribution in [0.1, 0.15) is 22.5 Å². The highest BCUT2D eigenvalue weighted by atomic mass is 16.4. The highest BCUT2D eigenvalue weighted by Gasteiger charge is 2.14. The molecular formula is C14H15N3O3. The summed E-state index contributed by atoms with van der Waals surface area (Å²) in [7, 11) is 0. The number of rotatable bonds is 4. The summed E-state index contributed by atoms with van der Waals surface area (Å²) < 4.78 is 1.49. The zero-order chi connectivity index (χ0) is 14.7. The Morgan fingerprint density at radius 1 is 1.30 bits per heavy atom. The summed E-state index contributed by atoms with van der Waals surface area (Å²) in [6.07, 6.45) is 3.16. The molecule has 2 heterocycles. The van der Waals surface area contributed by atoms with Crippen molar-refractivity contribution in [1.29, 1.82) is 0 Å². The number of aryl methyl sites for hydroxylation is 1. The van der Waals surface area contributed by atoms with E-state index in [0.717, 1.165) is 5.56 Å². The maximum absolute atomic E-state index is 12.0. The molecule has 2 rings (SSSR count). The molecule has 0 atom stereocenters. The summed E-state index contributed by atoms with van der Waals surface area (Å²) in [4.78, 5) is 30.7. The number of pyridine rings is 1. The van der Waals surface area contributed by atoms with Crippen LogP contribution in [0.25, 0.3) is 0 Å². The van der Waals surface area contributed by atoms with E-state index in [1.807, 2.05) is 12.1 Å². The quantitative estimate of drug-likeness (QED) is 0.895. The van der Waals surface area contributed by atoms with Crippen molar-refractivity contribution in [2.24, 2.45) is 0 Å². The highest BCUT2D eigenvalue weighted by Crippen LogP contribution is 2.11. The van der Waals surface area contributed by atoms with E-state index in [-0.39, 0.29) is 12.1 Å². The molecule has 0 bridgehead atoms. The molecule has 6 nitrogen and oxygen atoms in total. The van der Waals surface area contributed by atoms with Gasteiger partial charge in [0.05, 0.1) is 13.0 Å². The molecule has 0 saturated heterocycles. The van der Waals surface area contributed by atoms with Crippen molar-refractivity contribution < 1.29 is 9.90 Å². The lowest BCUT2D eigenvalue weighted by molar-refractivity contribution is -0.136. The second kappa shape index (κ2) is 5.64. The standard InChI is InChI=1S/C14H15N3O3/c1-9-12(7-13(18)19)10(2)17(14(20)16-9)8-11-3-5-15-6-4-11/h3-6H,7-8H2,1-2H3,(H,18,19). The topological polar surface area (TPSA) is 85.1 Å². The minimum atomic E-state index is -0.938. The number of hydrogen-bond acceptors (Lipinski definition) is 4. The molecule has 0 aliphatic heterocycles. The number of aliphatic carboxylic acids is 1. The first-order valence-electron chi connectivity index (χ1n) is 6.16. The molecule has 20 heavy (non-hydrogen) atoms. The Morgan fingerprint density at radius 2 is 1.95 bits per heavy atom. The van der Waals surface area contributed by atoms with Gasteiger partial charge in [-0.15, -0.1) is 0 Å². The predicted molar refractivity (Wildman–Crippen MR) is 72.6 cm³/mol. The normalized spacial score (nSPS) is 10.5. The van der Waals surface area contributed by atoms with E-state index in [1.54, 1.807) is 26.2 Å². The number of carbonyl (C=O) groups is 1. The van der Waals surface area contributed by atoms with Crippen LogP contribution in [-0.4, -0.2) is 25.6 Å². The summed E-state index contributed by atoms with van der Waals surface area (Å²) >= 11 is 0. The average molecular weight is 273 g/mol. The number of carboxylic acids is 1. The Hall–Kier alpha value is -2.50. The van der Waals surface area contributed by atoms with Gasteiger partial charge < -0.3 is 5.11 Å². The van der Waals surface area contributed by atoms with Crippen LogP contribution in [0, 0.1) is 13.8 Å². The van der Waals surface area contributed by atoms with Crippen LogP contribution in [0.4, 0.5) is 0 Å². The maximum atomic E-state index is 12.0. The SMILES string of the molecule is Cc1nc(=O)n(Cc2ccncc2)c(C)c1CC(=O)O. The van der Waals surface area contributed by atoms with E-state index in [9.17, 15) is 9.59 Å². The summed E-state index contributed by atoms with van der Waals surface area (Å²) in [5, 5.41) is 8.94. The number of carboxylic acid groups (broad SMARTS) is 1. The zero-order valence-electron chi connectivity index (χ0n) is 11.3. The van der Waals surface area contributed by atoms with Crippen molar-refractivity contribution in [1.82, 2.24) is 14.5 Å². The van der Waals surface area contributed by atoms with Gasteiger partial charge in [-0.2, -0.15) is 4.98 Å². The van der Waals surface area contributed by atoms with Gasteiger partial charge in [-0.3, -0.25) is 14.3 Å². The van der Waals surface area contributed by atoms with Crippen molar-refractivity contribution in [2.75, 3.05) is 0 Å². The summed E-state index contributed by atoms with van der Waals surface area (Å²) in [6.45, 7) is 3.76. The van der Waals surface area contributed by atoms with Crippen LogP contribution in [-0.2, 0) is 17.8 Å². The zero-order valence-corrected chi connectivity index (χ0v) is 11.3. The molecule has 0 saturated carbocycles. The van der Waals surface area contributed by atoms with Gasteiger partial charge in [0.15, 0.2) is 0 Å². The smallest absolute Gasteiger partial charge is 0.348 e. The van der Waals surface area contributed by atoms with E-state index in [0.29, 0.717) is 23.5 Å². The van der Waals surface area contributed by atoms with Gasteiger partial charge in [0.1, 0.15) is 0 Å². The summed E-state index contributed by atoms with van der Waals surface area (Å²) in [6, 6.07) is 3.62.